The van der Waals surface area contributed by atoms with Crippen LogP contribution in [0.2, 0.25) is 0 Å². The van der Waals surface area contributed by atoms with Gasteiger partial charge in [-0.25, -0.2) is 0 Å². The number of carbonyl (C=O) groups is 2. The van der Waals surface area contributed by atoms with E-state index in [0.717, 1.165) is 53.9 Å². The molecule has 0 fully saturated rings. The Bertz CT molecular complexity index is 1100. The van der Waals surface area contributed by atoms with E-state index in [4.69, 9.17) is 0 Å². The summed E-state index contributed by atoms with van der Waals surface area (Å²) >= 11 is 0. The van der Waals surface area contributed by atoms with Crippen LogP contribution in [0.4, 0.5) is 0 Å². The Morgan fingerprint density at radius 3 is 2.81 bits per heavy atom. The number of hydrogen-bond donors (Lipinski definition) is 2. The third-order valence-electron chi connectivity index (χ3n) is 6.18. The number of aromatic amines is 1. The van der Waals surface area contributed by atoms with Gasteiger partial charge in [-0.05, 0) is 24.5 Å². The van der Waals surface area contributed by atoms with Crippen LogP contribution in [0.25, 0.3) is 10.9 Å². The van der Waals surface area contributed by atoms with Crippen molar-refractivity contribution in [2.45, 2.75) is 65.1 Å². The van der Waals surface area contributed by atoms with Crippen LogP contribution in [0.5, 0.6) is 0 Å². The lowest BCUT2D eigenvalue weighted by Crippen LogP contribution is -2.49. The van der Waals surface area contributed by atoms with Crippen molar-refractivity contribution in [2.24, 2.45) is 5.92 Å². The van der Waals surface area contributed by atoms with Crippen molar-refractivity contribution in [3.63, 3.8) is 0 Å². The number of likely N-dealkylation sites (N-methyl/N-ethyl adjacent to an activating group) is 1. The SMILES string of the molecule is CC(C)C(=O)NC(Cc1c[nH]c2ccccc12)C(=O)N(C)Cc1nnc2n1CCCCC2. The first-order valence-electron chi connectivity index (χ1n) is 11.5. The van der Waals surface area contributed by atoms with Gasteiger partial charge in [-0.3, -0.25) is 9.59 Å². The van der Waals surface area contributed by atoms with Gasteiger partial charge in [0.15, 0.2) is 5.82 Å². The first kappa shape index (κ1) is 22.0. The fraction of sp³-hybridized carbons (Fsp3) is 0.500. The molecule has 2 aromatic heterocycles. The van der Waals surface area contributed by atoms with Crippen LogP contribution in [0, 0.1) is 5.92 Å². The lowest BCUT2D eigenvalue weighted by atomic mass is 10.0. The minimum atomic E-state index is -0.652. The summed E-state index contributed by atoms with van der Waals surface area (Å²) < 4.78 is 2.15. The summed E-state index contributed by atoms with van der Waals surface area (Å²) in [5.74, 6) is 1.34. The quantitative estimate of drug-likeness (QED) is 0.595. The molecule has 8 nitrogen and oxygen atoms in total. The largest absolute Gasteiger partial charge is 0.361 e. The number of fused-ring (bicyclic) bond motifs is 2. The zero-order chi connectivity index (χ0) is 22.7. The van der Waals surface area contributed by atoms with Gasteiger partial charge in [0.2, 0.25) is 11.8 Å². The molecular weight excluding hydrogens is 404 g/mol. The molecular formula is C24H32N6O2. The zero-order valence-electron chi connectivity index (χ0n) is 19.1. The van der Waals surface area contributed by atoms with Crippen LogP contribution in [0.3, 0.4) is 0 Å². The number of benzene rings is 1. The highest BCUT2D eigenvalue weighted by Gasteiger charge is 2.27. The number of aromatic nitrogens is 4. The molecule has 0 spiro atoms. The lowest BCUT2D eigenvalue weighted by molar-refractivity contribution is -0.136. The number of para-hydroxylation sites is 1. The average Bonchev–Trinajstić information content (AvgIpc) is 3.27. The molecule has 1 unspecified atom stereocenters. The number of hydrogen-bond acceptors (Lipinski definition) is 4. The highest BCUT2D eigenvalue weighted by atomic mass is 16.2. The van der Waals surface area contributed by atoms with Crippen LogP contribution in [-0.2, 0) is 35.5 Å². The zero-order valence-corrected chi connectivity index (χ0v) is 19.1. The van der Waals surface area contributed by atoms with Gasteiger partial charge in [0, 0.05) is 49.5 Å². The van der Waals surface area contributed by atoms with Gasteiger partial charge in [0.05, 0.1) is 6.54 Å². The van der Waals surface area contributed by atoms with Gasteiger partial charge in [-0.1, -0.05) is 38.5 Å². The predicted octanol–water partition coefficient (Wildman–Crippen LogP) is 2.83. The monoisotopic (exact) mass is 436 g/mol. The van der Waals surface area contributed by atoms with Gasteiger partial charge >= 0.3 is 0 Å². The van der Waals surface area contributed by atoms with Crippen molar-refractivity contribution in [1.82, 2.24) is 30.0 Å². The first-order chi connectivity index (χ1) is 15.4. The molecule has 32 heavy (non-hydrogen) atoms. The molecule has 0 saturated heterocycles. The fourth-order valence-corrected chi connectivity index (χ4v) is 4.28. The van der Waals surface area contributed by atoms with Crippen molar-refractivity contribution in [3.8, 4) is 0 Å². The summed E-state index contributed by atoms with van der Waals surface area (Å²) in [5.41, 5.74) is 2.02. The number of H-pyrrole nitrogens is 1. The van der Waals surface area contributed by atoms with Crippen molar-refractivity contribution < 1.29 is 9.59 Å². The Balaban J connectivity index is 1.54. The number of amides is 2. The summed E-state index contributed by atoms with van der Waals surface area (Å²) in [4.78, 5) is 30.9. The van der Waals surface area contributed by atoms with Crippen molar-refractivity contribution >= 4 is 22.7 Å². The molecule has 170 valence electrons. The van der Waals surface area contributed by atoms with E-state index in [1.807, 2.05) is 44.3 Å². The summed E-state index contributed by atoms with van der Waals surface area (Å²) in [6, 6.07) is 7.33. The highest BCUT2D eigenvalue weighted by Crippen LogP contribution is 2.20. The molecule has 2 N–H and O–H groups in total. The fourth-order valence-electron chi connectivity index (χ4n) is 4.28. The minimum Gasteiger partial charge on any atom is -0.361 e. The molecule has 0 aliphatic carbocycles. The molecule has 8 heteroatoms. The Morgan fingerprint density at radius 2 is 2.00 bits per heavy atom. The maximum absolute atomic E-state index is 13.5. The van der Waals surface area contributed by atoms with E-state index < -0.39 is 6.04 Å². The molecule has 3 aromatic rings. The Kier molecular flexibility index (Phi) is 6.58. The van der Waals surface area contributed by atoms with Gasteiger partial charge < -0.3 is 19.8 Å². The number of carbonyl (C=O) groups excluding carboxylic acids is 2. The van der Waals surface area contributed by atoms with Gasteiger partial charge in [0.25, 0.3) is 0 Å². The molecule has 4 rings (SSSR count). The maximum atomic E-state index is 13.5. The summed E-state index contributed by atoms with van der Waals surface area (Å²) in [6.07, 6.45) is 6.68. The van der Waals surface area contributed by atoms with Crippen LogP contribution in [0.15, 0.2) is 30.5 Å². The molecule has 3 heterocycles. The molecule has 0 saturated carbocycles. The summed E-state index contributed by atoms with van der Waals surface area (Å²) in [7, 11) is 1.77. The molecule has 1 aliphatic rings. The van der Waals surface area contributed by atoms with Crippen molar-refractivity contribution in [1.29, 1.82) is 0 Å². The molecule has 1 aliphatic heterocycles. The predicted molar refractivity (Wildman–Crippen MR) is 123 cm³/mol. The molecule has 0 radical (unpaired) electrons. The number of nitrogens with zero attached hydrogens (tertiary/aromatic N) is 4. The third kappa shape index (κ3) is 4.69. The van der Waals surface area contributed by atoms with E-state index in [0.29, 0.717) is 13.0 Å². The van der Waals surface area contributed by atoms with Crippen LogP contribution in [-0.4, -0.2) is 49.6 Å². The first-order valence-corrected chi connectivity index (χ1v) is 11.5. The summed E-state index contributed by atoms with van der Waals surface area (Å²) in [6.45, 7) is 4.92. The van der Waals surface area contributed by atoms with Gasteiger partial charge in [-0.15, -0.1) is 10.2 Å². The standard InChI is InChI=1S/C24H32N6O2/c1-16(2)23(31)26-20(13-17-14-25-19-10-7-6-9-18(17)19)24(32)29(3)15-22-28-27-21-11-5-4-8-12-30(21)22/h6-7,9-10,14,16,20,25H,4-5,8,11-13,15H2,1-3H3,(H,26,31). The van der Waals surface area contributed by atoms with E-state index in [1.54, 1.807) is 11.9 Å². The molecule has 0 bridgehead atoms. The van der Waals surface area contributed by atoms with Crippen LogP contribution in [0.1, 0.15) is 50.3 Å². The van der Waals surface area contributed by atoms with Crippen LogP contribution >= 0.6 is 0 Å². The van der Waals surface area contributed by atoms with Crippen molar-refractivity contribution in [3.05, 3.63) is 47.7 Å². The Morgan fingerprint density at radius 1 is 1.19 bits per heavy atom. The topological polar surface area (TPSA) is 95.9 Å². The Labute approximate surface area is 188 Å². The number of aryl methyl sites for hydroxylation is 1. The maximum Gasteiger partial charge on any atom is 0.245 e. The number of nitrogens with one attached hydrogen (secondary N) is 2. The molecule has 2 amide bonds. The average molecular weight is 437 g/mol. The number of rotatable bonds is 7. The lowest BCUT2D eigenvalue weighted by Gasteiger charge is -2.25. The second kappa shape index (κ2) is 9.54. The molecule has 1 aromatic carbocycles. The highest BCUT2D eigenvalue weighted by molar-refractivity contribution is 5.90. The van der Waals surface area contributed by atoms with Crippen molar-refractivity contribution in [2.75, 3.05) is 7.05 Å². The summed E-state index contributed by atoms with van der Waals surface area (Å²) in [5, 5.41) is 12.7. The smallest absolute Gasteiger partial charge is 0.245 e. The van der Waals surface area contributed by atoms with Crippen LogP contribution < -0.4 is 5.32 Å². The second-order valence-electron chi connectivity index (χ2n) is 8.97. The van der Waals surface area contributed by atoms with E-state index in [1.165, 1.54) is 6.42 Å². The Hall–Kier alpha value is -3.16. The molecule has 1 atom stereocenters. The van der Waals surface area contributed by atoms with E-state index >= 15 is 0 Å². The minimum absolute atomic E-state index is 0.129. The van der Waals surface area contributed by atoms with Gasteiger partial charge in [0.1, 0.15) is 11.9 Å². The van der Waals surface area contributed by atoms with E-state index in [9.17, 15) is 9.59 Å². The normalized spacial score (nSPS) is 14.8. The van der Waals surface area contributed by atoms with E-state index in [2.05, 4.69) is 25.1 Å². The third-order valence-corrected chi connectivity index (χ3v) is 6.18. The van der Waals surface area contributed by atoms with E-state index in [-0.39, 0.29) is 17.7 Å². The van der Waals surface area contributed by atoms with Gasteiger partial charge in [-0.2, -0.15) is 0 Å². The second-order valence-corrected chi connectivity index (χ2v) is 8.97.